The molecule has 0 aliphatic carbocycles. The van der Waals surface area contributed by atoms with Crippen LogP contribution in [0.4, 0.5) is 10.1 Å². The Morgan fingerprint density at radius 2 is 1.29 bits per heavy atom. The largest absolute Gasteiger partial charge is 0.324 e. The summed E-state index contributed by atoms with van der Waals surface area (Å²) < 4.78 is 13.7. The predicted octanol–water partition coefficient (Wildman–Crippen LogP) is 4.99. The van der Waals surface area contributed by atoms with Crippen molar-refractivity contribution in [2.75, 3.05) is 5.32 Å². The fourth-order valence-electron chi connectivity index (χ4n) is 2.75. The van der Waals surface area contributed by atoms with Crippen LogP contribution in [0.25, 0.3) is 0 Å². The number of hydrogen-bond donors (Lipinski definition) is 1. The molecule has 2 nitrogen and oxygen atoms in total. The molecule has 0 spiro atoms. The van der Waals surface area contributed by atoms with E-state index in [-0.39, 0.29) is 23.9 Å². The normalized spacial score (nSPS) is 10.6. The molecule has 3 aromatic rings. The van der Waals surface area contributed by atoms with E-state index in [4.69, 9.17) is 0 Å². The zero-order valence-corrected chi connectivity index (χ0v) is 13.2. The Balaban J connectivity index is 1.82. The number of anilines is 1. The second kappa shape index (κ2) is 7.55. The van der Waals surface area contributed by atoms with E-state index >= 15 is 0 Å². The molecule has 0 aliphatic rings. The van der Waals surface area contributed by atoms with Gasteiger partial charge in [-0.2, -0.15) is 0 Å². The SMILES string of the molecule is O=C(CC(c1ccccc1)c1ccccc1)Nc1ccccc1F. The monoisotopic (exact) mass is 319 g/mol. The first-order chi connectivity index (χ1) is 11.7. The van der Waals surface area contributed by atoms with Crippen LogP contribution >= 0.6 is 0 Å². The van der Waals surface area contributed by atoms with E-state index < -0.39 is 5.82 Å². The number of nitrogens with one attached hydrogen (secondary N) is 1. The Morgan fingerprint density at radius 3 is 1.83 bits per heavy atom. The summed E-state index contributed by atoms with van der Waals surface area (Å²) in [6, 6.07) is 26.0. The van der Waals surface area contributed by atoms with Crippen molar-refractivity contribution in [2.24, 2.45) is 0 Å². The average Bonchev–Trinajstić information content (AvgIpc) is 2.63. The Labute approximate surface area is 141 Å². The molecule has 120 valence electrons. The highest BCUT2D eigenvalue weighted by molar-refractivity contribution is 5.91. The number of para-hydroxylation sites is 1. The van der Waals surface area contributed by atoms with Gasteiger partial charge in [-0.05, 0) is 23.3 Å². The molecule has 1 N–H and O–H groups in total. The van der Waals surface area contributed by atoms with E-state index in [0.29, 0.717) is 0 Å². The van der Waals surface area contributed by atoms with Crippen LogP contribution in [0, 0.1) is 5.82 Å². The standard InChI is InChI=1S/C21H18FNO/c22-19-13-7-8-14-20(19)23-21(24)15-18(16-9-3-1-4-10-16)17-11-5-2-6-12-17/h1-14,18H,15H2,(H,23,24). The van der Waals surface area contributed by atoms with Gasteiger partial charge < -0.3 is 5.32 Å². The lowest BCUT2D eigenvalue weighted by Crippen LogP contribution is -2.17. The van der Waals surface area contributed by atoms with Crippen LogP contribution in [-0.4, -0.2) is 5.91 Å². The summed E-state index contributed by atoms with van der Waals surface area (Å²) in [6.07, 6.45) is 0.252. The molecule has 24 heavy (non-hydrogen) atoms. The molecule has 0 radical (unpaired) electrons. The van der Waals surface area contributed by atoms with Gasteiger partial charge in [0, 0.05) is 12.3 Å². The van der Waals surface area contributed by atoms with Crippen LogP contribution in [0.2, 0.25) is 0 Å². The number of hydrogen-bond acceptors (Lipinski definition) is 1. The topological polar surface area (TPSA) is 29.1 Å². The summed E-state index contributed by atoms with van der Waals surface area (Å²) in [6.45, 7) is 0. The Kier molecular flexibility index (Phi) is 5.02. The number of halogens is 1. The molecule has 0 aromatic heterocycles. The van der Waals surface area contributed by atoms with Crippen LogP contribution in [0.1, 0.15) is 23.5 Å². The molecular weight excluding hydrogens is 301 g/mol. The zero-order chi connectivity index (χ0) is 16.8. The van der Waals surface area contributed by atoms with Crippen molar-refractivity contribution >= 4 is 11.6 Å². The summed E-state index contributed by atoms with van der Waals surface area (Å²) in [5.41, 5.74) is 2.34. The van der Waals surface area contributed by atoms with Crippen molar-refractivity contribution in [2.45, 2.75) is 12.3 Å². The molecule has 0 bridgehead atoms. The third-order valence-corrected chi connectivity index (χ3v) is 3.94. The van der Waals surface area contributed by atoms with E-state index in [1.807, 2.05) is 60.7 Å². The van der Waals surface area contributed by atoms with Gasteiger partial charge in [-0.15, -0.1) is 0 Å². The maximum atomic E-state index is 13.7. The van der Waals surface area contributed by atoms with Crippen molar-refractivity contribution in [3.63, 3.8) is 0 Å². The molecule has 0 fully saturated rings. The van der Waals surface area contributed by atoms with Crippen LogP contribution < -0.4 is 5.32 Å². The molecule has 0 heterocycles. The molecule has 0 aliphatic heterocycles. The second-order valence-corrected chi connectivity index (χ2v) is 5.61. The molecule has 3 heteroatoms. The number of benzene rings is 3. The highest BCUT2D eigenvalue weighted by atomic mass is 19.1. The fraction of sp³-hybridized carbons (Fsp3) is 0.0952. The van der Waals surface area contributed by atoms with Crippen LogP contribution in [0.15, 0.2) is 84.9 Å². The van der Waals surface area contributed by atoms with E-state index in [1.165, 1.54) is 6.07 Å². The molecule has 0 saturated heterocycles. The van der Waals surface area contributed by atoms with E-state index in [2.05, 4.69) is 5.32 Å². The maximum absolute atomic E-state index is 13.7. The van der Waals surface area contributed by atoms with Gasteiger partial charge in [0.2, 0.25) is 5.91 Å². The quantitative estimate of drug-likeness (QED) is 0.705. The van der Waals surface area contributed by atoms with E-state index in [9.17, 15) is 9.18 Å². The Bertz CT molecular complexity index is 763. The lowest BCUT2D eigenvalue weighted by atomic mass is 9.88. The number of amides is 1. The first-order valence-electron chi connectivity index (χ1n) is 7.88. The summed E-state index contributed by atoms with van der Waals surface area (Å²) >= 11 is 0. The molecule has 1 amide bonds. The summed E-state index contributed by atoms with van der Waals surface area (Å²) in [5, 5.41) is 2.67. The molecule has 3 aromatic carbocycles. The zero-order valence-electron chi connectivity index (χ0n) is 13.2. The van der Waals surface area contributed by atoms with E-state index in [0.717, 1.165) is 11.1 Å². The highest BCUT2D eigenvalue weighted by Crippen LogP contribution is 2.28. The van der Waals surface area contributed by atoms with Crippen molar-refractivity contribution < 1.29 is 9.18 Å². The third-order valence-electron chi connectivity index (χ3n) is 3.94. The predicted molar refractivity (Wildman–Crippen MR) is 94.4 cm³/mol. The fourth-order valence-corrected chi connectivity index (χ4v) is 2.75. The number of carbonyl (C=O) groups is 1. The van der Waals surface area contributed by atoms with Crippen molar-refractivity contribution in [3.8, 4) is 0 Å². The first kappa shape index (κ1) is 15.9. The average molecular weight is 319 g/mol. The summed E-state index contributed by atoms with van der Waals surface area (Å²) in [4.78, 5) is 12.4. The van der Waals surface area contributed by atoms with Gasteiger partial charge in [0.1, 0.15) is 5.82 Å². The first-order valence-corrected chi connectivity index (χ1v) is 7.88. The lowest BCUT2D eigenvalue weighted by Gasteiger charge is -2.18. The molecule has 0 atom stereocenters. The summed E-state index contributed by atoms with van der Waals surface area (Å²) in [7, 11) is 0. The van der Waals surface area contributed by atoms with Gasteiger partial charge in [-0.25, -0.2) is 4.39 Å². The van der Waals surface area contributed by atoms with Crippen molar-refractivity contribution in [1.82, 2.24) is 0 Å². The summed E-state index contributed by atoms with van der Waals surface area (Å²) in [5.74, 6) is -0.709. The van der Waals surface area contributed by atoms with Crippen LogP contribution in [-0.2, 0) is 4.79 Å². The third kappa shape index (κ3) is 3.87. The van der Waals surface area contributed by atoms with Crippen molar-refractivity contribution in [3.05, 3.63) is 102 Å². The minimum Gasteiger partial charge on any atom is -0.324 e. The highest BCUT2D eigenvalue weighted by Gasteiger charge is 2.18. The van der Waals surface area contributed by atoms with Crippen molar-refractivity contribution in [1.29, 1.82) is 0 Å². The Hall–Kier alpha value is -2.94. The number of carbonyl (C=O) groups excluding carboxylic acids is 1. The van der Waals surface area contributed by atoms with Gasteiger partial charge in [-0.3, -0.25) is 4.79 Å². The van der Waals surface area contributed by atoms with Gasteiger partial charge in [-0.1, -0.05) is 72.8 Å². The molecular formula is C21H18FNO. The van der Waals surface area contributed by atoms with Crippen LogP contribution in [0.3, 0.4) is 0 Å². The molecule has 0 saturated carbocycles. The Morgan fingerprint density at radius 1 is 0.792 bits per heavy atom. The van der Waals surface area contributed by atoms with Gasteiger partial charge in [0.25, 0.3) is 0 Å². The minimum absolute atomic E-state index is 0.0702. The second-order valence-electron chi connectivity index (χ2n) is 5.61. The van der Waals surface area contributed by atoms with Crippen LogP contribution in [0.5, 0.6) is 0 Å². The minimum atomic E-state index is -0.429. The number of rotatable bonds is 5. The van der Waals surface area contributed by atoms with Gasteiger partial charge >= 0.3 is 0 Å². The van der Waals surface area contributed by atoms with E-state index in [1.54, 1.807) is 18.2 Å². The maximum Gasteiger partial charge on any atom is 0.225 e. The molecule has 3 rings (SSSR count). The smallest absolute Gasteiger partial charge is 0.225 e. The van der Waals surface area contributed by atoms with Gasteiger partial charge in [0.15, 0.2) is 0 Å². The molecule has 0 unspecified atom stereocenters. The lowest BCUT2D eigenvalue weighted by molar-refractivity contribution is -0.116. The van der Waals surface area contributed by atoms with Gasteiger partial charge in [0.05, 0.1) is 5.69 Å².